The maximum Gasteiger partial charge on any atom is 0.289 e. The molecule has 0 spiro atoms. The van der Waals surface area contributed by atoms with Crippen molar-refractivity contribution in [1.82, 2.24) is 15.2 Å². The van der Waals surface area contributed by atoms with Crippen LogP contribution in [0.15, 0.2) is 53.7 Å². The second-order valence-corrected chi connectivity index (χ2v) is 8.08. The first-order chi connectivity index (χ1) is 14.0. The second kappa shape index (κ2) is 8.22. The molecule has 10 heteroatoms. The Hall–Kier alpha value is -2.91. The van der Waals surface area contributed by atoms with Crippen LogP contribution in [0, 0.1) is 10.1 Å². The summed E-state index contributed by atoms with van der Waals surface area (Å²) in [6, 6.07) is 13.4. The SMILES string of the molecule is O=C(Nc1ccc(Cl)c([N+](=O)[O-])c1)C(Sc1n[nH]c(C2CC2)n1)c1ccccc1. The largest absolute Gasteiger partial charge is 0.325 e. The van der Waals surface area contributed by atoms with E-state index in [1.807, 2.05) is 30.3 Å². The molecule has 3 aromatic rings. The van der Waals surface area contributed by atoms with Gasteiger partial charge in [0, 0.05) is 17.7 Å². The summed E-state index contributed by atoms with van der Waals surface area (Å²) in [5.74, 6) is 0.930. The number of hydrogen-bond acceptors (Lipinski definition) is 6. The molecule has 8 nitrogen and oxygen atoms in total. The summed E-state index contributed by atoms with van der Waals surface area (Å²) >= 11 is 7.07. The minimum Gasteiger partial charge on any atom is -0.325 e. The maximum atomic E-state index is 13.0. The molecule has 1 saturated carbocycles. The second-order valence-electron chi connectivity index (χ2n) is 6.60. The number of aromatic amines is 1. The van der Waals surface area contributed by atoms with E-state index in [1.165, 1.54) is 30.0 Å². The smallest absolute Gasteiger partial charge is 0.289 e. The van der Waals surface area contributed by atoms with E-state index in [1.54, 1.807) is 0 Å². The molecule has 0 saturated heterocycles. The molecule has 1 heterocycles. The van der Waals surface area contributed by atoms with E-state index in [2.05, 4.69) is 20.5 Å². The van der Waals surface area contributed by atoms with Crippen LogP contribution in [0.5, 0.6) is 0 Å². The van der Waals surface area contributed by atoms with Crippen molar-refractivity contribution < 1.29 is 9.72 Å². The molecule has 29 heavy (non-hydrogen) atoms. The van der Waals surface area contributed by atoms with Crippen molar-refractivity contribution >= 4 is 40.6 Å². The molecule has 2 N–H and O–H groups in total. The lowest BCUT2D eigenvalue weighted by molar-refractivity contribution is -0.384. The normalized spacial score (nSPS) is 14.4. The molecule has 4 rings (SSSR count). The van der Waals surface area contributed by atoms with Crippen LogP contribution in [0.1, 0.15) is 35.4 Å². The molecule has 1 amide bonds. The van der Waals surface area contributed by atoms with Crippen LogP contribution >= 0.6 is 23.4 Å². The Bertz CT molecular complexity index is 1060. The van der Waals surface area contributed by atoms with Crippen LogP contribution in [-0.2, 0) is 4.79 Å². The number of thioether (sulfide) groups is 1. The summed E-state index contributed by atoms with van der Waals surface area (Å²) in [5, 5.41) is 20.9. The molecule has 1 aliphatic rings. The monoisotopic (exact) mass is 429 g/mol. The molecular weight excluding hydrogens is 414 g/mol. The van der Waals surface area contributed by atoms with Crippen LogP contribution in [-0.4, -0.2) is 26.0 Å². The quantitative estimate of drug-likeness (QED) is 0.319. The number of benzene rings is 2. The maximum absolute atomic E-state index is 13.0. The predicted molar refractivity (Wildman–Crippen MR) is 110 cm³/mol. The van der Waals surface area contributed by atoms with Gasteiger partial charge in [0.15, 0.2) is 0 Å². The van der Waals surface area contributed by atoms with Crippen molar-refractivity contribution in [2.24, 2.45) is 0 Å². The summed E-state index contributed by atoms with van der Waals surface area (Å²) in [4.78, 5) is 28.0. The van der Waals surface area contributed by atoms with E-state index < -0.39 is 10.2 Å². The summed E-state index contributed by atoms with van der Waals surface area (Å²) in [6.07, 6.45) is 2.19. The molecule has 2 aromatic carbocycles. The third-order valence-electron chi connectivity index (χ3n) is 4.42. The van der Waals surface area contributed by atoms with Gasteiger partial charge in [0.25, 0.3) is 5.69 Å². The summed E-state index contributed by atoms with van der Waals surface area (Å²) < 4.78 is 0. The fraction of sp³-hybridized carbons (Fsp3) is 0.211. The van der Waals surface area contributed by atoms with Crippen molar-refractivity contribution in [3.63, 3.8) is 0 Å². The van der Waals surface area contributed by atoms with Crippen LogP contribution in [0.25, 0.3) is 0 Å². The molecular formula is C19H16ClN5O3S. The zero-order valence-corrected chi connectivity index (χ0v) is 16.6. The predicted octanol–water partition coefficient (Wildman–Crippen LogP) is 4.72. The van der Waals surface area contributed by atoms with Crippen LogP contribution in [0.2, 0.25) is 5.02 Å². The number of anilines is 1. The Labute approximate surface area is 175 Å². The number of nitro groups is 1. The average molecular weight is 430 g/mol. The van der Waals surface area contributed by atoms with Gasteiger partial charge >= 0.3 is 0 Å². The number of nitrogens with zero attached hydrogens (tertiary/aromatic N) is 3. The van der Waals surface area contributed by atoms with Crippen LogP contribution < -0.4 is 5.32 Å². The van der Waals surface area contributed by atoms with Crippen LogP contribution in [0.4, 0.5) is 11.4 Å². The number of nitrogens with one attached hydrogen (secondary N) is 2. The average Bonchev–Trinajstić information content (AvgIpc) is 3.46. The minimum atomic E-state index is -0.631. The van der Waals surface area contributed by atoms with Gasteiger partial charge < -0.3 is 5.32 Å². The van der Waals surface area contributed by atoms with E-state index in [4.69, 9.17) is 11.6 Å². The summed E-state index contributed by atoms with van der Waals surface area (Å²) in [6.45, 7) is 0. The number of aromatic nitrogens is 3. The number of H-pyrrole nitrogens is 1. The first-order valence-electron chi connectivity index (χ1n) is 8.90. The molecule has 0 aliphatic heterocycles. The molecule has 1 unspecified atom stereocenters. The Morgan fingerprint density at radius 1 is 1.28 bits per heavy atom. The van der Waals surface area contributed by atoms with Gasteiger partial charge in [-0.1, -0.05) is 53.7 Å². The van der Waals surface area contributed by atoms with Gasteiger partial charge in [-0.3, -0.25) is 20.0 Å². The topological polar surface area (TPSA) is 114 Å². The zero-order chi connectivity index (χ0) is 20.4. The van der Waals surface area contributed by atoms with Crippen LogP contribution in [0.3, 0.4) is 0 Å². The van der Waals surface area contributed by atoms with Gasteiger partial charge in [-0.25, -0.2) is 4.98 Å². The van der Waals surface area contributed by atoms with Crippen molar-refractivity contribution in [3.8, 4) is 0 Å². The van der Waals surface area contributed by atoms with Gasteiger partial charge in [-0.2, -0.15) is 0 Å². The highest BCUT2D eigenvalue weighted by Crippen LogP contribution is 2.40. The van der Waals surface area contributed by atoms with E-state index in [-0.39, 0.29) is 16.6 Å². The molecule has 0 radical (unpaired) electrons. The van der Waals surface area contributed by atoms with Crippen molar-refractivity contribution in [3.05, 3.63) is 75.1 Å². The Morgan fingerprint density at radius 2 is 2.03 bits per heavy atom. The minimum absolute atomic E-state index is 0.00955. The third kappa shape index (κ3) is 4.57. The van der Waals surface area contributed by atoms with E-state index >= 15 is 0 Å². The first-order valence-corrected chi connectivity index (χ1v) is 10.2. The van der Waals surface area contributed by atoms with Crippen molar-refractivity contribution in [2.75, 3.05) is 5.32 Å². The Kier molecular flexibility index (Phi) is 5.50. The standard InChI is InChI=1S/C19H16ClN5O3S/c20-14-9-8-13(10-15(14)25(27)28)21-18(26)16(11-4-2-1-3-5-11)29-19-22-17(23-24-19)12-6-7-12/h1-5,8-10,12,16H,6-7H2,(H,21,26)(H,22,23,24). The number of nitro benzene ring substituents is 1. The lowest BCUT2D eigenvalue weighted by Crippen LogP contribution is -2.19. The van der Waals surface area contributed by atoms with Gasteiger partial charge in [-0.15, -0.1) is 5.10 Å². The number of rotatable bonds is 7. The zero-order valence-electron chi connectivity index (χ0n) is 15.0. The highest BCUT2D eigenvalue weighted by atomic mass is 35.5. The van der Waals surface area contributed by atoms with E-state index in [0.717, 1.165) is 24.2 Å². The van der Waals surface area contributed by atoms with Crippen molar-refractivity contribution in [2.45, 2.75) is 29.2 Å². The number of amides is 1. The number of hydrogen-bond donors (Lipinski definition) is 2. The molecule has 0 bridgehead atoms. The number of carbonyl (C=O) groups is 1. The fourth-order valence-corrected chi connectivity index (χ4v) is 3.90. The number of halogens is 1. The van der Waals surface area contributed by atoms with Gasteiger partial charge in [-0.05, 0) is 30.5 Å². The third-order valence-corrected chi connectivity index (χ3v) is 5.86. The van der Waals surface area contributed by atoms with Gasteiger partial charge in [0.05, 0.1) is 4.92 Å². The molecule has 1 aliphatic carbocycles. The van der Waals surface area contributed by atoms with Gasteiger partial charge in [0.2, 0.25) is 11.1 Å². The molecule has 1 fully saturated rings. The first kappa shape index (κ1) is 19.4. The summed E-state index contributed by atoms with van der Waals surface area (Å²) in [7, 11) is 0. The van der Waals surface area contributed by atoms with Gasteiger partial charge in [0.1, 0.15) is 16.1 Å². The lowest BCUT2D eigenvalue weighted by Gasteiger charge is -2.15. The van der Waals surface area contributed by atoms with E-state index in [9.17, 15) is 14.9 Å². The van der Waals surface area contributed by atoms with E-state index in [0.29, 0.717) is 16.8 Å². The highest BCUT2D eigenvalue weighted by molar-refractivity contribution is 8.00. The summed E-state index contributed by atoms with van der Waals surface area (Å²) in [5.41, 5.74) is 0.800. The molecule has 1 aromatic heterocycles. The van der Waals surface area contributed by atoms with Crippen molar-refractivity contribution in [1.29, 1.82) is 0 Å². The lowest BCUT2D eigenvalue weighted by atomic mass is 10.1. The molecule has 1 atom stereocenters. The fourth-order valence-electron chi connectivity index (χ4n) is 2.79. The molecule has 148 valence electrons. The highest BCUT2D eigenvalue weighted by Gasteiger charge is 2.29. The number of carbonyl (C=O) groups excluding carboxylic acids is 1. The Morgan fingerprint density at radius 3 is 2.72 bits per heavy atom. The Balaban J connectivity index is 1.57.